The van der Waals surface area contributed by atoms with E-state index in [4.69, 9.17) is 9.84 Å². The molecule has 0 saturated carbocycles. The third kappa shape index (κ3) is 5.18. The Morgan fingerprint density at radius 2 is 2.15 bits per heavy atom. The van der Waals surface area contributed by atoms with Crippen molar-refractivity contribution in [3.8, 4) is 0 Å². The van der Waals surface area contributed by atoms with E-state index in [0.29, 0.717) is 30.7 Å². The molecule has 0 saturated heterocycles. The van der Waals surface area contributed by atoms with Crippen molar-refractivity contribution >= 4 is 33.6 Å². The molecule has 0 fully saturated rings. The van der Waals surface area contributed by atoms with Crippen LogP contribution in [0.1, 0.15) is 23.7 Å². The van der Waals surface area contributed by atoms with Gasteiger partial charge in [-0.2, -0.15) is 0 Å². The SMILES string of the molecule is CCOCCCNC(=O)Nc1c(Br)cccc1C(=O)O. The fourth-order valence-electron chi connectivity index (χ4n) is 1.51. The Kier molecular flexibility index (Phi) is 7.03. The zero-order valence-corrected chi connectivity index (χ0v) is 12.7. The van der Waals surface area contributed by atoms with Gasteiger partial charge in [-0.25, -0.2) is 9.59 Å². The lowest BCUT2D eigenvalue weighted by Crippen LogP contribution is -2.30. The van der Waals surface area contributed by atoms with Crippen LogP contribution in [-0.4, -0.2) is 36.9 Å². The third-order valence-corrected chi connectivity index (χ3v) is 3.10. The zero-order chi connectivity index (χ0) is 15.0. The maximum atomic E-state index is 11.7. The Hall–Kier alpha value is -1.60. The fraction of sp³-hybridized carbons (Fsp3) is 0.385. The quantitative estimate of drug-likeness (QED) is 0.663. The lowest BCUT2D eigenvalue weighted by atomic mass is 10.2. The minimum Gasteiger partial charge on any atom is -0.478 e. The number of carboxylic acids is 1. The lowest BCUT2D eigenvalue weighted by molar-refractivity contribution is 0.0698. The van der Waals surface area contributed by atoms with Crippen molar-refractivity contribution in [2.24, 2.45) is 0 Å². The molecule has 110 valence electrons. The molecule has 1 aromatic rings. The summed E-state index contributed by atoms with van der Waals surface area (Å²) in [5.74, 6) is -1.10. The van der Waals surface area contributed by atoms with Gasteiger partial charge in [0.25, 0.3) is 0 Å². The number of carboxylic acid groups (broad SMARTS) is 1. The number of urea groups is 1. The van der Waals surface area contributed by atoms with Crippen LogP contribution in [0.4, 0.5) is 10.5 Å². The molecule has 1 rings (SSSR count). The number of hydrogen-bond donors (Lipinski definition) is 3. The zero-order valence-electron chi connectivity index (χ0n) is 11.1. The monoisotopic (exact) mass is 344 g/mol. The smallest absolute Gasteiger partial charge is 0.337 e. The van der Waals surface area contributed by atoms with Gasteiger partial charge in [0.1, 0.15) is 0 Å². The van der Waals surface area contributed by atoms with Crippen LogP contribution < -0.4 is 10.6 Å². The van der Waals surface area contributed by atoms with Gasteiger partial charge in [0.05, 0.1) is 11.3 Å². The Morgan fingerprint density at radius 1 is 1.40 bits per heavy atom. The van der Waals surface area contributed by atoms with Gasteiger partial charge in [-0.15, -0.1) is 0 Å². The van der Waals surface area contributed by atoms with Crippen LogP contribution in [0.2, 0.25) is 0 Å². The molecule has 0 bridgehead atoms. The van der Waals surface area contributed by atoms with E-state index < -0.39 is 12.0 Å². The number of carbonyl (C=O) groups is 2. The molecule has 0 radical (unpaired) electrons. The summed E-state index contributed by atoms with van der Waals surface area (Å²) in [6.07, 6.45) is 0.697. The number of amides is 2. The molecule has 0 aliphatic rings. The average Bonchev–Trinajstić information content (AvgIpc) is 2.40. The second-order valence-corrected chi connectivity index (χ2v) is 4.75. The average molecular weight is 345 g/mol. The number of rotatable bonds is 7. The summed E-state index contributed by atoms with van der Waals surface area (Å²) in [5.41, 5.74) is 0.270. The van der Waals surface area contributed by atoms with E-state index in [1.54, 1.807) is 12.1 Å². The maximum absolute atomic E-state index is 11.7. The number of ether oxygens (including phenoxy) is 1. The molecule has 1 aromatic carbocycles. The molecule has 0 heterocycles. The Balaban J connectivity index is 2.55. The van der Waals surface area contributed by atoms with Crippen molar-refractivity contribution in [1.29, 1.82) is 0 Å². The van der Waals surface area contributed by atoms with Gasteiger partial charge < -0.3 is 20.5 Å². The van der Waals surface area contributed by atoms with Crippen LogP contribution >= 0.6 is 15.9 Å². The van der Waals surface area contributed by atoms with Crippen LogP contribution in [0.5, 0.6) is 0 Å². The number of nitrogens with one attached hydrogen (secondary N) is 2. The predicted molar refractivity (Wildman–Crippen MR) is 79.2 cm³/mol. The van der Waals surface area contributed by atoms with Crippen LogP contribution in [-0.2, 0) is 4.74 Å². The van der Waals surface area contributed by atoms with Gasteiger partial charge in [0.2, 0.25) is 0 Å². The second-order valence-electron chi connectivity index (χ2n) is 3.90. The van der Waals surface area contributed by atoms with Crippen LogP contribution in [0, 0.1) is 0 Å². The van der Waals surface area contributed by atoms with E-state index in [9.17, 15) is 9.59 Å². The molecule has 7 heteroatoms. The van der Waals surface area contributed by atoms with E-state index in [1.165, 1.54) is 6.07 Å². The Bertz CT molecular complexity index is 479. The summed E-state index contributed by atoms with van der Waals surface area (Å²) in [6, 6.07) is 4.24. The molecular weight excluding hydrogens is 328 g/mol. The Labute approximate surface area is 125 Å². The minimum absolute atomic E-state index is 0.0313. The first-order valence-electron chi connectivity index (χ1n) is 6.20. The summed E-state index contributed by atoms with van der Waals surface area (Å²) in [5, 5.41) is 14.2. The first kappa shape index (κ1) is 16.5. The van der Waals surface area contributed by atoms with E-state index in [2.05, 4.69) is 26.6 Å². The summed E-state index contributed by atoms with van der Waals surface area (Å²) >= 11 is 3.22. The number of aromatic carboxylic acids is 1. The summed E-state index contributed by atoms with van der Waals surface area (Å²) in [4.78, 5) is 22.8. The van der Waals surface area contributed by atoms with E-state index in [-0.39, 0.29) is 11.3 Å². The number of para-hydroxylation sites is 1. The highest BCUT2D eigenvalue weighted by atomic mass is 79.9. The molecule has 0 aliphatic carbocycles. The van der Waals surface area contributed by atoms with E-state index >= 15 is 0 Å². The highest BCUT2D eigenvalue weighted by Crippen LogP contribution is 2.26. The highest BCUT2D eigenvalue weighted by Gasteiger charge is 2.14. The first-order valence-corrected chi connectivity index (χ1v) is 7.00. The highest BCUT2D eigenvalue weighted by molar-refractivity contribution is 9.10. The van der Waals surface area contributed by atoms with Crippen LogP contribution in [0.3, 0.4) is 0 Å². The van der Waals surface area contributed by atoms with Crippen molar-refractivity contribution in [3.63, 3.8) is 0 Å². The van der Waals surface area contributed by atoms with Gasteiger partial charge in [0.15, 0.2) is 0 Å². The van der Waals surface area contributed by atoms with Crippen molar-refractivity contribution in [3.05, 3.63) is 28.2 Å². The van der Waals surface area contributed by atoms with Crippen molar-refractivity contribution in [2.45, 2.75) is 13.3 Å². The van der Waals surface area contributed by atoms with Crippen LogP contribution in [0.25, 0.3) is 0 Å². The van der Waals surface area contributed by atoms with Gasteiger partial charge in [0, 0.05) is 24.2 Å². The van der Waals surface area contributed by atoms with Gasteiger partial charge in [-0.1, -0.05) is 6.07 Å². The maximum Gasteiger partial charge on any atom is 0.337 e. The summed E-state index contributed by atoms with van der Waals surface area (Å²) in [6.45, 7) is 3.58. The van der Waals surface area contributed by atoms with Crippen molar-refractivity contribution in [1.82, 2.24) is 5.32 Å². The molecule has 3 N–H and O–H groups in total. The minimum atomic E-state index is -1.10. The molecule has 2 amide bonds. The molecule has 0 aromatic heterocycles. The largest absolute Gasteiger partial charge is 0.478 e. The van der Waals surface area contributed by atoms with E-state index in [1.807, 2.05) is 6.92 Å². The number of halogens is 1. The summed E-state index contributed by atoms with van der Waals surface area (Å²) < 4.78 is 5.66. The Morgan fingerprint density at radius 3 is 2.80 bits per heavy atom. The molecule has 0 spiro atoms. The predicted octanol–water partition coefficient (Wildman–Crippen LogP) is 2.70. The standard InChI is InChI=1S/C13H17BrN2O4/c1-2-20-8-4-7-15-13(19)16-11-9(12(17)18)5-3-6-10(11)14/h3,5-6H,2,4,7-8H2,1H3,(H,17,18)(H2,15,16,19). The van der Waals surface area contributed by atoms with Crippen molar-refractivity contribution in [2.75, 3.05) is 25.1 Å². The number of anilines is 1. The number of hydrogen-bond acceptors (Lipinski definition) is 3. The molecule has 6 nitrogen and oxygen atoms in total. The van der Waals surface area contributed by atoms with Crippen LogP contribution in [0.15, 0.2) is 22.7 Å². The van der Waals surface area contributed by atoms with Gasteiger partial charge in [-0.3, -0.25) is 0 Å². The van der Waals surface area contributed by atoms with E-state index in [0.717, 1.165) is 0 Å². The fourth-order valence-corrected chi connectivity index (χ4v) is 1.97. The number of carbonyl (C=O) groups excluding carboxylic acids is 1. The van der Waals surface area contributed by atoms with Crippen molar-refractivity contribution < 1.29 is 19.4 Å². The summed E-state index contributed by atoms with van der Waals surface area (Å²) in [7, 11) is 0. The second kappa shape index (κ2) is 8.55. The number of benzene rings is 1. The lowest BCUT2D eigenvalue weighted by Gasteiger charge is -2.11. The topological polar surface area (TPSA) is 87.7 Å². The molecule has 0 aliphatic heterocycles. The normalized spacial score (nSPS) is 10.1. The first-order chi connectivity index (χ1) is 9.56. The molecule has 20 heavy (non-hydrogen) atoms. The van der Waals surface area contributed by atoms with Gasteiger partial charge >= 0.3 is 12.0 Å². The third-order valence-electron chi connectivity index (χ3n) is 2.44. The molecule has 0 atom stereocenters. The van der Waals surface area contributed by atoms with Gasteiger partial charge in [-0.05, 0) is 41.4 Å². The molecular formula is C13H17BrN2O4. The molecule has 0 unspecified atom stereocenters.